The molecule has 0 aliphatic carbocycles. The van der Waals surface area contributed by atoms with Crippen LogP contribution >= 0.6 is 23.4 Å². The Morgan fingerprint density at radius 1 is 1.09 bits per heavy atom. The smallest absolute Gasteiger partial charge is 0.293 e. The van der Waals surface area contributed by atoms with Crippen molar-refractivity contribution in [3.05, 3.63) is 99.1 Å². The molecule has 0 fully saturated rings. The van der Waals surface area contributed by atoms with E-state index in [1.165, 1.54) is 23.9 Å². The Morgan fingerprint density at radius 3 is 2.50 bits per heavy atom. The number of anilines is 1. The van der Waals surface area contributed by atoms with Gasteiger partial charge in [0.2, 0.25) is 5.91 Å². The zero-order valence-corrected chi connectivity index (χ0v) is 19.9. The molecule has 1 unspecified atom stereocenters. The molecule has 0 aliphatic rings. The highest BCUT2D eigenvalue weighted by Crippen LogP contribution is 2.38. The Bertz CT molecular complexity index is 1360. The minimum absolute atomic E-state index is 0.136. The van der Waals surface area contributed by atoms with Gasteiger partial charge in [0.05, 0.1) is 9.95 Å². The first-order valence-electron chi connectivity index (χ1n) is 10.3. The van der Waals surface area contributed by atoms with Crippen LogP contribution in [0.25, 0.3) is 11.4 Å². The van der Waals surface area contributed by atoms with Crippen molar-refractivity contribution in [2.45, 2.75) is 17.3 Å². The van der Waals surface area contributed by atoms with E-state index in [4.69, 9.17) is 11.6 Å². The van der Waals surface area contributed by atoms with Crippen LogP contribution in [0.3, 0.4) is 0 Å². The molecule has 1 atom stereocenters. The molecule has 0 saturated heterocycles. The van der Waals surface area contributed by atoms with Gasteiger partial charge in [-0.25, -0.2) is 0 Å². The molecule has 1 aromatic heterocycles. The number of aromatic nitrogens is 3. The summed E-state index contributed by atoms with van der Waals surface area (Å²) in [5.74, 6) is 0.153. The molecule has 0 radical (unpaired) electrons. The van der Waals surface area contributed by atoms with Crippen molar-refractivity contribution in [1.82, 2.24) is 14.8 Å². The number of rotatable bonds is 7. The molecule has 1 heterocycles. The number of nitro groups is 1. The van der Waals surface area contributed by atoms with Gasteiger partial charge in [0, 0.05) is 18.7 Å². The van der Waals surface area contributed by atoms with E-state index in [1.807, 2.05) is 48.5 Å². The van der Waals surface area contributed by atoms with Gasteiger partial charge >= 0.3 is 0 Å². The molecule has 0 saturated carbocycles. The molecule has 4 rings (SSSR count). The fraction of sp³-hybridized carbons (Fsp3) is 0.125. The summed E-state index contributed by atoms with van der Waals surface area (Å²) < 4.78 is 1.77. The van der Waals surface area contributed by atoms with Gasteiger partial charge in [0.15, 0.2) is 11.0 Å². The summed E-state index contributed by atoms with van der Waals surface area (Å²) in [6.45, 7) is 1.76. The molecule has 10 heteroatoms. The lowest BCUT2D eigenvalue weighted by atomic mass is 10.1. The lowest BCUT2D eigenvalue weighted by molar-refractivity contribution is -0.384. The zero-order valence-electron chi connectivity index (χ0n) is 18.3. The second kappa shape index (κ2) is 10.1. The normalized spacial score (nSPS) is 11.7. The van der Waals surface area contributed by atoms with E-state index in [0.717, 1.165) is 16.7 Å². The Hall–Kier alpha value is -3.69. The van der Waals surface area contributed by atoms with Gasteiger partial charge in [-0.05, 0) is 36.2 Å². The third-order valence-electron chi connectivity index (χ3n) is 5.12. The second-order valence-electron chi connectivity index (χ2n) is 7.52. The third kappa shape index (κ3) is 4.95. The highest BCUT2D eigenvalue weighted by Gasteiger charge is 2.27. The van der Waals surface area contributed by atoms with E-state index in [2.05, 4.69) is 15.5 Å². The summed E-state index contributed by atoms with van der Waals surface area (Å²) in [5, 5.41) is 23.1. The number of aryl methyl sites for hydroxylation is 1. The van der Waals surface area contributed by atoms with Crippen LogP contribution in [-0.4, -0.2) is 25.6 Å². The van der Waals surface area contributed by atoms with E-state index in [-0.39, 0.29) is 11.4 Å². The maximum absolute atomic E-state index is 13.4. The summed E-state index contributed by atoms with van der Waals surface area (Å²) in [6.07, 6.45) is 0. The Labute approximate surface area is 205 Å². The summed E-state index contributed by atoms with van der Waals surface area (Å²) in [6, 6.07) is 21.2. The number of thioether (sulfide) groups is 1. The standard InChI is InChI=1S/C24H20ClN5O3S/c1-15-12-13-19(20(14-15)30(32)33)26-23(31)21(16-8-4-3-5-9-16)34-24-28-27-22(29(24)2)17-10-6-7-11-18(17)25/h3-14,21H,1-2H3,(H,26,31). The SMILES string of the molecule is Cc1ccc(NC(=O)C(Sc2nnc(-c3ccccc3Cl)n2C)c2ccccc2)c([N+](=O)[O-])c1. The van der Waals surface area contributed by atoms with E-state index in [0.29, 0.717) is 16.0 Å². The highest BCUT2D eigenvalue weighted by molar-refractivity contribution is 8.00. The molecule has 1 N–H and O–H groups in total. The number of halogens is 1. The van der Waals surface area contributed by atoms with Gasteiger partial charge in [-0.15, -0.1) is 10.2 Å². The summed E-state index contributed by atoms with van der Waals surface area (Å²) in [5.41, 5.74) is 2.15. The van der Waals surface area contributed by atoms with Crippen molar-refractivity contribution < 1.29 is 9.72 Å². The molecule has 172 valence electrons. The average Bonchev–Trinajstić information content (AvgIpc) is 3.19. The van der Waals surface area contributed by atoms with Gasteiger partial charge in [0.25, 0.3) is 5.69 Å². The molecular formula is C24H20ClN5O3S. The van der Waals surface area contributed by atoms with Crippen LogP contribution in [0.2, 0.25) is 5.02 Å². The summed E-state index contributed by atoms with van der Waals surface area (Å²) in [4.78, 5) is 24.4. The lowest BCUT2D eigenvalue weighted by Crippen LogP contribution is -2.20. The molecule has 0 bridgehead atoms. The number of nitrogens with one attached hydrogen (secondary N) is 1. The van der Waals surface area contributed by atoms with Crippen LogP contribution in [0, 0.1) is 17.0 Å². The van der Waals surface area contributed by atoms with Crippen LogP contribution in [0.4, 0.5) is 11.4 Å². The Balaban J connectivity index is 1.67. The van der Waals surface area contributed by atoms with Crippen LogP contribution < -0.4 is 5.32 Å². The van der Waals surface area contributed by atoms with E-state index in [9.17, 15) is 14.9 Å². The van der Waals surface area contributed by atoms with Crippen LogP contribution in [0.1, 0.15) is 16.4 Å². The van der Waals surface area contributed by atoms with Crippen LogP contribution in [0.15, 0.2) is 78.0 Å². The van der Waals surface area contributed by atoms with Gasteiger partial charge in [0.1, 0.15) is 10.9 Å². The van der Waals surface area contributed by atoms with Gasteiger partial charge in [-0.2, -0.15) is 0 Å². The number of hydrogen-bond acceptors (Lipinski definition) is 6. The predicted octanol–water partition coefficient (Wildman–Crippen LogP) is 5.82. The minimum Gasteiger partial charge on any atom is -0.319 e. The predicted molar refractivity (Wildman–Crippen MR) is 133 cm³/mol. The van der Waals surface area contributed by atoms with Crippen molar-refractivity contribution in [2.75, 3.05) is 5.32 Å². The highest BCUT2D eigenvalue weighted by atomic mass is 35.5. The van der Waals surface area contributed by atoms with Crippen molar-refractivity contribution in [2.24, 2.45) is 7.05 Å². The first-order chi connectivity index (χ1) is 16.3. The van der Waals surface area contributed by atoms with Gasteiger partial charge in [-0.1, -0.05) is 71.9 Å². The van der Waals surface area contributed by atoms with Crippen molar-refractivity contribution in [3.63, 3.8) is 0 Å². The largest absolute Gasteiger partial charge is 0.319 e. The molecule has 8 nitrogen and oxygen atoms in total. The molecule has 0 aliphatic heterocycles. The first kappa shape index (κ1) is 23.5. The lowest BCUT2D eigenvalue weighted by Gasteiger charge is -2.17. The maximum atomic E-state index is 13.4. The van der Waals surface area contributed by atoms with Crippen molar-refractivity contribution in [1.29, 1.82) is 0 Å². The Kier molecular flexibility index (Phi) is 6.95. The van der Waals surface area contributed by atoms with Crippen LogP contribution in [0.5, 0.6) is 0 Å². The number of nitro benzene ring substituents is 1. The fourth-order valence-electron chi connectivity index (χ4n) is 3.40. The number of carbonyl (C=O) groups is 1. The molecule has 0 spiro atoms. The zero-order chi connectivity index (χ0) is 24.2. The third-order valence-corrected chi connectivity index (χ3v) is 6.74. The molecule has 1 amide bonds. The number of carbonyl (C=O) groups excluding carboxylic acids is 1. The first-order valence-corrected chi connectivity index (χ1v) is 11.5. The van der Waals surface area contributed by atoms with Crippen molar-refractivity contribution >= 4 is 40.6 Å². The fourth-order valence-corrected chi connectivity index (χ4v) is 4.62. The topological polar surface area (TPSA) is 103 Å². The molecule has 34 heavy (non-hydrogen) atoms. The number of hydrogen-bond donors (Lipinski definition) is 1. The minimum atomic E-state index is -0.732. The summed E-state index contributed by atoms with van der Waals surface area (Å²) in [7, 11) is 1.80. The number of nitrogens with zero attached hydrogens (tertiary/aromatic N) is 4. The van der Waals surface area contributed by atoms with E-state index < -0.39 is 16.1 Å². The van der Waals surface area contributed by atoms with Gasteiger partial charge < -0.3 is 9.88 Å². The van der Waals surface area contributed by atoms with Gasteiger partial charge in [-0.3, -0.25) is 14.9 Å². The average molecular weight is 494 g/mol. The molecular weight excluding hydrogens is 474 g/mol. The number of benzene rings is 3. The van der Waals surface area contributed by atoms with Crippen LogP contribution in [-0.2, 0) is 11.8 Å². The maximum Gasteiger partial charge on any atom is 0.293 e. The van der Waals surface area contributed by atoms with E-state index in [1.54, 1.807) is 30.7 Å². The number of amides is 1. The molecule has 4 aromatic rings. The quantitative estimate of drug-likeness (QED) is 0.197. The summed E-state index contributed by atoms with van der Waals surface area (Å²) >= 11 is 7.53. The Morgan fingerprint density at radius 2 is 1.79 bits per heavy atom. The monoisotopic (exact) mass is 493 g/mol. The van der Waals surface area contributed by atoms with Crippen molar-refractivity contribution in [3.8, 4) is 11.4 Å². The second-order valence-corrected chi connectivity index (χ2v) is 9.00. The van der Waals surface area contributed by atoms with E-state index >= 15 is 0 Å². The molecule has 3 aromatic carbocycles.